The molecule has 0 aliphatic carbocycles. The number of likely N-dealkylation sites (tertiary alicyclic amines) is 1. The summed E-state index contributed by atoms with van der Waals surface area (Å²) in [5.41, 5.74) is 3.12. The first-order valence-corrected chi connectivity index (χ1v) is 9.22. The summed E-state index contributed by atoms with van der Waals surface area (Å²) in [4.78, 5) is 38.2. The number of nitrogens with zero attached hydrogens (tertiary/aromatic N) is 1. The lowest BCUT2D eigenvalue weighted by Gasteiger charge is -2.31. The molecule has 1 aliphatic rings. The summed E-state index contributed by atoms with van der Waals surface area (Å²) < 4.78 is 0. The number of anilines is 1. The fourth-order valence-electron chi connectivity index (χ4n) is 3.26. The molecule has 5 heteroatoms. The van der Waals surface area contributed by atoms with Crippen molar-refractivity contribution in [1.29, 1.82) is 0 Å². The molecule has 0 aromatic heterocycles. The summed E-state index contributed by atoms with van der Waals surface area (Å²) in [5, 5.41) is 2.91. The molecule has 0 unspecified atom stereocenters. The molecule has 2 amide bonds. The minimum Gasteiger partial charge on any atom is -0.339 e. The summed E-state index contributed by atoms with van der Waals surface area (Å²) in [6, 6.07) is 14.5. The van der Waals surface area contributed by atoms with Gasteiger partial charge < -0.3 is 10.2 Å². The average Bonchev–Trinajstić information content (AvgIpc) is 2.68. The maximum Gasteiger partial charge on any atom is 0.253 e. The Morgan fingerprint density at radius 1 is 0.889 bits per heavy atom. The van der Waals surface area contributed by atoms with Crippen LogP contribution in [-0.2, 0) is 4.79 Å². The monoisotopic (exact) mass is 364 g/mol. The van der Waals surface area contributed by atoms with E-state index in [1.54, 1.807) is 24.3 Å². The first-order valence-electron chi connectivity index (χ1n) is 9.22. The third kappa shape index (κ3) is 4.61. The summed E-state index contributed by atoms with van der Waals surface area (Å²) in [7, 11) is 0. The van der Waals surface area contributed by atoms with Crippen LogP contribution in [0, 0.1) is 12.8 Å². The number of amides is 2. The second kappa shape index (κ2) is 8.16. The second-order valence-corrected chi connectivity index (χ2v) is 7.06. The van der Waals surface area contributed by atoms with E-state index in [1.165, 1.54) is 6.92 Å². The Hall–Kier alpha value is -2.95. The lowest BCUT2D eigenvalue weighted by Crippen LogP contribution is -2.41. The number of benzene rings is 2. The standard InChI is InChI=1S/C22H24N2O3/c1-15-3-5-19(6-4-15)22(27)24-13-11-18(12-14-24)21(26)23-20-9-7-17(8-10-20)16(2)25/h3-10,18H,11-14H2,1-2H3,(H,23,26). The molecule has 140 valence electrons. The Morgan fingerprint density at radius 2 is 1.44 bits per heavy atom. The van der Waals surface area contributed by atoms with Crippen molar-refractivity contribution in [1.82, 2.24) is 4.90 Å². The van der Waals surface area contributed by atoms with Gasteiger partial charge in [0.1, 0.15) is 0 Å². The van der Waals surface area contributed by atoms with Crippen molar-refractivity contribution < 1.29 is 14.4 Å². The zero-order chi connectivity index (χ0) is 19.4. The first kappa shape index (κ1) is 18.8. The molecule has 2 aromatic rings. The van der Waals surface area contributed by atoms with Crippen molar-refractivity contribution in [3.8, 4) is 0 Å². The van der Waals surface area contributed by atoms with Gasteiger partial charge in [-0.2, -0.15) is 0 Å². The second-order valence-electron chi connectivity index (χ2n) is 7.06. The molecule has 1 heterocycles. The zero-order valence-corrected chi connectivity index (χ0v) is 15.7. The molecule has 3 rings (SSSR count). The van der Waals surface area contributed by atoms with Gasteiger partial charge in [-0.05, 0) is 63.1 Å². The number of carbonyl (C=O) groups is 3. The van der Waals surface area contributed by atoms with Gasteiger partial charge in [0.2, 0.25) is 5.91 Å². The number of Topliss-reactive ketones (excluding diaryl/α,β-unsaturated/α-hetero) is 1. The van der Waals surface area contributed by atoms with Crippen LogP contribution in [0.1, 0.15) is 46.0 Å². The summed E-state index contributed by atoms with van der Waals surface area (Å²) in [5.74, 6) is -0.125. The Labute approximate surface area is 159 Å². The topological polar surface area (TPSA) is 66.5 Å². The Balaban J connectivity index is 1.53. The molecule has 0 saturated carbocycles. The van der Waals surface area contributed by atoms with E-state index in [4.69, 9.17) is 0 Å². The van der Waals surface area contributed by atoms with Crippen LogP contribution < -0.4 is 5.32 Å². The Bertz CT molecular complexity index is 833. The van der Waals surface area contributed by atoms with Gasteiger partial charge >= 0.3 is 0 Å². The summed E-state index contributed by atoms with van der Waals surface area (Å²) in [6.45, 7) is 4.66. The van der Waals surface area contributed by atoms with E-state index in [0.29, 0.717) is 42.7 Å². The molecular formula is C22H24N2O3. The van der Waals surface area contributed by atoms with Crippen LogP contribution in [0.2, 0.25) is 0 Å². The highest BCUT2D eigenvalue weighted by molar-refractivity contribution is 5.97. The number of carbonyl (C=O) groups excluding carboxylic acids is 3. The van der Waals surface area contributed by atoms with Gasteiger partial charge in [0.15, 0.2) is 5.78 Å². The van der Waals surface area contributed by atoms with Gasteiger partial charge in [-0.15, -0.1) is 0 Å². The van der Waals surface area contributed by atoms with Gasteiger partial charge in [-0.25, -0.2) is 0 Å². The van der Waals surface area contributed by atoms with Crippen molar-refractivity contribution in [2.75, 3.05) is 18.4 Å². The molecule has 2 aromatic carbocycles. The van der Waals surface area contributed by atoms with Gasteiger partial charge in [0, 0.05) is 35.8 Å². The van der Waals surface area contributed by atoms with Gasteiger partial charge in [0.25, 0.3) is 5.91 Å². The Morgan fingerprint density at radius 3 is 2.00 bits per heavy atom. The lowest BCUT2D eigenvalue weighted by molar-refractivity contribution is -0.121. The number of hydrogen-bond acceptors (Lipinski definition) is 3. The highest BCUT2D eigenvalue weighted by atomic mass is 16.2. The van der Waals surface area contributed by atoms with E-state index in [2.05, 4.69) is 5.32 Å². The van der Waals surface area contributed by atoms with Crippen LogP contribution in [0.4, 0.5) is 5.69 Å². The predicted molar refractivity (Wildman–Crippen MR) is 105 cm³/mol. The van der Waals surface area contributed by atoms with Crippen LogP contribution in [0.15, 0.2) is 48.5 Å². The number of hydrogen-bond donors (Lipinski definition) is 1. The fraction of sp³-hybridized carbons (Fsp3) is 0.318. The third-order valence-electron chi connectivity index (χ3n) is 5.01. The fourth-order valence-corrected chi connectivity index (χ4v) is 3.26. The molecule has 1 N–H and O–H groups in total. The third-order valence-corrected chi connectivity index (χ3v) is 5.01. The van der Waals surface area contributed by atoms with Crippen molar-refractivity contribution in [2.24, 2.45) is 5.92 Å². The molecule has 1 aliphatic heterocycles. The summed E-state index contributed by atoms with van der Waals surface area (Å²) in [6.07, 6.45) is 1.30. The Kier molecular flexibility index (Phi) is 5.69. The van der Waals surface area contributed by atoms with E-state index in [1.807, 2.05) is 36.1 Å². The molecule has 0 radical (unpaired) electrons. The van der Waals surface area contributed by atoms with Crippen molar-refractivity contribution in [3.63, 3.8) is 0 Å². The van der Waals surface area contributed by atoms with Crippen molar-refractivity contribution >= 4 is 23.3 Å². The predicted octanol–water partition coefficient (Wildman–Crippen LogP) is 3.69. The molecular weight excluding hydrogens is 340 g/mol. The van der Waals surface area contributed by atoms with Crippen LogP contribution in [-0.4, -0.2) is 35.6 Å². The number of rotatable bonds is 4. The average molecular weight is 364 g/mol. The number of nitrogens with one attached hydrogen (secondary N) is 1. The SMILES string of the molecule is CC(=O)c1ccc(NC(=O)C2CCN(C(=O)c3ccc(C)cc3)CC2)cc1. The van der Waals surface area contributed by atoms with Gasteiger partial charge in [0.05, 0.1) is 0 Å². The highest BCUT2D eigenvalue weighted by Gasteiger charge is 2.27. The van der Waals surface area contributed by atoms with E-state index in [9.17, 15) is 14.4 Å². The van der Waals surface area contributed by atoms with Crippen LogP contribution in [0.25, 0.3) is 0 Å². The van der Waals surface area contributed by atoms with Crippen LogP contribution in [0.5, 0.6) is 0 Å². The molecule has 27 heavy (non-hydrogen) atoms. The lowest BCUT2D eigenvalue weighted by atomic mass is 9.95. The minimum atomic E-state index is -0.112. The maximum absolute atomic E-state index is 12.6. The number of aryl methyl sites for hydroxylation is 1. The normalized spacial score (nSPS) is 14.7. The van der Waals surface area contributed by atoms with Crippen molar-refractivity contribution in [3.05, 3.63) is 65.2 Å². The number of ketones is 1. The largest absolute Gasteiger partial charge is 0.339 e. The molecule has 5 nitrogen and oxygen atoms in total. The van der Waals surface area contributed by atoms with E-state index in [-0.39, 0.29) is 23.5 Å². The molecule has 1 fully saturated rings. The molecule has 0 bridgehead atoms. The van der Waals surface area contributed by atoms with Gasteiger partial charge in [-0.3, -0.25) is 14.4 Å². The smallest absolute Gasteiger partial charge is 0.253 e. The molecule has 1 saturated heterocycles. The van der Waals surface area contributed by atoms with Crippen LogP contribution in [0.3, 0.4) is 0 Å². The zero-order valence-electron chi connectivity index (χ0n) is 15.7. The maximum atomic E-state index is 12.6. The van der Waals surface area contributed by atoms with Crippen LogP contribution >= 0.6 is 0 Å². The van der Waals surface area contributed by atoms with E-state index in [0.717, 1.165) is 5.56 Å². The molecule has 0 spiro atoms. The van der Waals surface area contributed by atoms with E-state index < -0.39 is 0 Å². The number of piperidine rings is 1. The minimum absolute atomic E-state index is 0.00140. The van der Waals surface area contributed by atoms with Crippen molar-refractivity contribution in [2.45, 2.75) is 26.7 Å². The van der Waals surface area contributed by atoms with Gasteiger partial charge in [-0.1, -0.05) is 17.7 Å². The van der Waals surface area contributed by atoms with E-state index >= 15 is 0 Å². The highest BCUT2D eigenvalue weighted by Crippen LogP contribution is 2.21. The summed E-state index contributed by atoms with van der Waals surface area (Å²) >= 11 is 0. The molecule has 0 atom stereocenters. The quantitative estimate of drug-likeness (QED) is 0.842. The first-order chi connectivity index (χ1) is 12.9.